The van der Waals surface area contributed by atoms with Crippen LogP contribution in [0.5, 0.6) is 0 Å². The molecule has 27 heavy (non-hydrogen) atoms. The Hall–Kier alpha value is -1.32. The van der Waals surface area contributed by atoms with Crippen LogP contribution in [0, 0.1) is 0 Å². The second kappa shape index (κ2) is 7.60. The van der Waals surface area contributed by atoms with E-state index in [1.54, 1.807) is 47.4 Å². The zero-order chi connectivity index (χ0) is 19.0. The standard InChI is InChI=1S/C18H18ClN3O2S3/c1-25-14-4-7-16-17(12-14)26-18(20-16)21-8-10-22(11-9-21)27(23,24)15-5-2-13(19)3-6-15/h2-7,12H,8-11H2,1H3. The smallest absolute Gasteiger partial charge is 0.243 e. The molecule has 0 amide bonds. The second-order valence-corrected chi connectivity index (χ2v) is 10.4. The summed E-state index contributed by atoms with van der Waals surface area (Å²) in [6.45, 7) is 2.14. The van der Waals surface area contributed by atoms with Crippen LogP contribution in [-0.4, -0.2) is 50.1 Å². The molecule has 0 N–H and O–H groups in total. The number of hydrogen-bond donors (Lipinski definition) is 0. The Bertz CT molecular complexity index is 1060. The van der Waals surface area contributed by atoms with E-state index in [1.165, 1.54) is 9.20 Å². The van der Waals surface area contributed by atoms with Gasteiger partial charge in [0.1, 0.15) is 0 Å². The first-order chi connectivity index (χ1) is 13.0. The predicted molar refractivity (Wildman–Crippen MR) is 114 cm³/mol. The zero-order valence-electron chi connectivity index (χ0n) is 14.6. The van der Waals surface area contributed by atoms with Crippen molar-refractivity contribution in [2.24, 2.45) is 0 Å². The lowest BCUT2D eigenvalue weighted by Crippen LogP contribution is -2.48. The summed E-state index contributed by atoms with van der Waals surface area (Å²) in [6.07, 6.45) is 2.06. The first-order valence-corrected chi connectivity index (χ1v) is 12.3. The molecule has 0 saturated carbocycles. The summed E-state index contributed by atoms with van der Waals surface area (Å²) >= 11 is 9.24. The van der Waals surface area contributed by atoms with E-state index in [9.17, 15) is 8.42 Å². The van der Waals surface area contributed by atoms with Gasteiger partial charge >= 0.3 is 0 Å². The minimum atomic E-state index is -3.49. The molecule has 5 nitrogen and oxygen atoms in total. The quantitative estimate of drug-likeness (QED) is 0.571. The lowest BCUT2D eigenvalue weighted by molar-refractivity contribution is 0.385. The van der Waals surface area contributed by atoms with Crippen LogP contribution in [0.4, 0.5) is 5.13 Å². The predicted octanol–water partition coefficient (Wildman–Crippen LogP) is 4.18. The zero-order valence-corrected chi connectivity index (χ0v) is 17.8. The summed E-state index contributed by atoms with van der Waals surface area (Å²) in [7, 11) is -3.49. The van der Waals surface area contributed by atoms with Gasteiger partial charge in [0.15, 0.2) is 5.13 Å². The molecule has 3 aromatic rings. The number of nitrogens with zero attached hydrogens (tertiary/aromatic N) is 3. The number of halogens is 1. The topological polar surface area (TPSA) is 53.5 Å². The molecule has 2 aromatic carbocycles. The van der Waals surface area contributed by atoms with E-state index in [-0.39, 0.29) is 4.90 Å². The van der Waals surface area contributed by atoms with E-state index in [1.807, 2.05) is 6.07 Å². The maximum absolute atomic E-state index is 12.8. The summed E-state index contributed by atoms with van der Waals surface area (Å²) in [5, 5.41) is 1.48. The van der Waals surface area contributed by atoms with Crippen LogP contribution in [0.3, 0.4) is 0 Å². The molecule has 1 aliphatic heterocycles. The second-order valence-electron chi connectivity index (χ2n) is 6.18. The van der Waals surface area contributed by atoms with Gasteiger partial charge in [0.05, 0.1) is 15.1 Å². The number of rotatable bonds is 4. The third kappa shape index (κ3) is 3.82. The number of anilines is 1. The van der Waals surface area contributed by atoms with Crippen LogP contribution in [-0.2, 0) is 10.0 Å². The van der Waals surface area contributed by atoms with E-state index in [0.29, 0.717) is 31.2 Å². The molecule has 0 bridgehead atoms. The maximum atomic E-state index is 12.8. The number of fused-ring (bicyclic) bond motifs is 1. The van der Waals surface area contributed by atoms with Crippen molar-refractivity contribution in [1.82, 2.24) is 9.29 Å². The Kier molecular flexibility index (Phi) is 5.35. The molecule has 9 heteroatoms. The average Bonchev–Trinajstić information content (AvgIpc) is 3.11. The van der Waals surface area contributed by atoms with Crippen molar-refractivity contribution in [2.75, 3.05) is 37.3 Å². The average molecular weight is 440 g/mol. The Morgan fingerprint density at radius 1 is 1.07 bits per heavy atom. The Balaban J connectivity index is 1.49. The highest BCUT2D eigenvalue weighted by atomic mass is 35.5. The summed E-state index contributed by atoms with van der Waals surface area (Å²) in [4.78, 5) is 8.38. The molecule has 2 heterocycles. The van der Waals surface area contributed by atoms with Gasteiger partial charge < -0.3 is 4.90 Å². The molecule has 4 rings (SSSR count). The van der Waals surface area contributed by atoms with Crippen LogP contribution < -0.4 is 4.90 Å². The maximum Gasteiger partial charge on any atom is 0.243 e. The van der Waals surface area contributed by atoms with E-state index < -0.39 is 10.0 Å². The van der Waals surface area contributed by atoms with E-state index >= 15 is 0 Å². The van der Waals surface area contributed by atoms with E-state index in [4.69, 9.17) is 16.6 Å². The van der Waals surface area contributed by atoms with Gasteiger partial charge in [-0.25, -0.2) is 13.4 Å². The van der Waals surface area contributed by atoms with Crippen LogP contribution in [0.25, 0.3) is 10.2 Å². The fourth-order valence-electron chi connectivity index (χ4n) is 3.03. The molecular weight excluding hydrogens is 422 g/mol. The largest absolute Gasteiger partial charge is 0.345 e. The summed E-state index contributed by atoms with van der Waals surface area (Å²) in [5.74, 6) is 0. The lowest BCUT2D eigenvalue weighted by atomic mass is 10.3. The van der Waals surface area contributed by atoms with Crippen LogP contribution >= 0.6 is 34.7 Å². The fourth-order valence-corrected chi connectivity index (χ4v) is 6.15. The van der Waals surface area contributed by atoms with E-state index in [0.717, 1.165) is 15.3 Å². The van der Waals surface area contributed by atoms with Crippen molar-refractivity contribution < 1.29 is 8.42 Å². The molecule has 0 aliphatic carbocycles. The normalized spacial score (nSPS) is 16.1. The molecule has 1 saturated heterocycles. The summed E-state index contributed by atoms with van der Waals surface area (Å²) in [5.41, 5.74) is 0.990. The van der Waals surface area contributed by atoms with Gasteiger partial charge in [-0.3, -0.25) is 0 Å². The van der Waals surface area contributed by atoms with Crippen molar-refractivity contribution in [1.29, 1.82) is 0 Å². The summed E-state index contributed by atoms with van der Waals surface area (Å²) < 4.78 is 28.3. The number of benzene rings is 2. The van der Waals surface area contributed by atoms with Crippen molar-refractivity contribution in [3.05, 3.63) is 47.5 Å². The number of thioether (sulfide) groups is 1. The minimum absolute atomic E-state index is 0.282. The van der Waals surface area contributed by atoms with E-state index in [2.05, 4.69) is 23.3 Å². The highest BCUT2D eigenvalue weighted by Crippen LogP contribution is 2.32. The van der Waals surface area contributed by atoms with Crippen LogP contribution in [0.15, 0.2) is 52.3 Å². The number of piperazine rings is 1. The lowest BCUT2D eigenvalue weighted by Gasteiger charge is -2.33. The van der Waals surface area contributed by atoms with Crippen molar-refractivity contribution in [3.63, 3.8) is 0 Å². The number of thiazole rings is 1. The molecule has 0 radical (unpaired) electrons. The fraction of sp³-hybridized carbons (Fsp3) is 0.278. The third-order valence-electron chi connectivity index (χ3n) is 4.54. The van der Waals surface area contributed by atoms with Gasteiger partial charge in [-0.15, -0.1) is 11.8 Å². The third-order valence-corrected chi connectivity index (χ3v) is 8.51. The molecule has 0 unspecified atom stereocenters. The van der Waals surface area contributed by atoms with Crippen LogP contribution in [0.1, 0.15) is 0 Å². The van der Waals surface area contributed by atoms with Crippen molar-refractivity contribution in [3.8, 4) is 0 Å². The minimum Gasteiger partial charge on any atom is -0.345 e. The van der Waals surface area contributed by atoms with Gasteiger partial charge in [-0.05, 0) is 48.7 Å². The molecule has 1 fully saturated rings. The molecule has 1 aliphatic rings. The Morgan fingerprint density at radius 3 is 2.44 bits per heavy atom. The van der Waals surface area contributed by atoms with Gasteiger partial charge in [-0.2, -0.15) is 4.31 Å². The number of hydrogen-bond acceptors (Lipinski definition) is 6. The number of sulfonamides is 1. The van der Waals surface area contributed by atoms with Gasteiger partial charge in [0.25, 0.3) is 0 Å². The molecular formula is C18H18ClN3O2S3. The first kappa shape index (κ1) is 19.0. The SMILES string of the molecule is CSc1ccc2nc(N3CCN(S(=O)(=O)c4ccc(Cl)cc4)CC3)sc2c1. The first-order valence-electron chi connectivity index (χ1n) is 8.42. The van der Waals surface area contributed by atoms with Crippen molar-refractivity contribution in [2.45, 2.75) is 9.79 Å². The monoisotopic (exact) mass is 439 g/mol. The molecule has 1 aromatic heterocycles. The van der Waals surface area contributed by atoms with Crippen LogP contribution in [0.2, 0.25) is 5.02 Å². The summed E-state index contributed by atoms with van der Waals surface area (Å²) in [6, 6.07) is 12.6. The number of aromatic nitrogens is 1. The van der Waals surface area contributed by atoms with Gasteiger partial charge in [-0.1, -0.05) is 22.9 Å². The van der Waals surface area contributed by atoms with Crippen molar-refractivity contribution >= 4 is 60.1 Å². The Labute approximate surface area is 172 Å². The highest BCUT2D eigenvalue weighted by Gasteiger charge is 2.29. The molecule has 142 valence electrons. The highest BCUT2D eigenvalue weighted by molar-refractivity contribution is 7.98. The molecule has 0 spiro atoms. The van der Waals surface area contributed by atoms with Gasteiger partial charge in [0.2, 0.25) is 10.0 Å². The van der Waals surface area contributed by atoms with Gasteiger partial charge in [0, 0.05) is 36.1 Å². The Morgan fingerprint density at radius 2 is 1.78 bits per heavy atom. The molecule has 0 atom stereocenters.